The van der Waals surface area contributed by atoms with Gasteiger partial charge in [-0.2, -0.15) is 0 Å². The number of benzene rings is 2. The predicted molar refractivity (Wildman–Crippen MR) is 90.6 cm³/mol. The van der Waals surface area contributed by atoms with Gasteiger partial charge < -0.3 is 4.98 Å². The van der Waals surface area contributed by atoms with Gasteiger partial charge in [0.2, 0.25) is 0 Å². The van der Waals surface area contributed by atoms with Crippen LogP contribution in [0.2, 0.25) is 5.02 Å². The van der Waals surface area contributed by atoms with Gasteiger partial charge >= 0.3 is 0 Å². The van der Waals surface area contributed by atoms with Crippen molar-refractivity contribution >= 4 is 50.8 Å². The van der Waals surface area contributed by atoms with Gasteiger partial charge in [-0.15, -0.1) is 0 Å². The first-order chi connectivity index (χ1) is 9.49. The Kier molecular flexibility index (Phi) is 3.48. The molecule has 0 saturated carbocycles. The van der Waals surface area contributed by atoms with Crippen molar-refractivity contribution in [3.8, 4) is 5.69 Å². The Morgan fingerprint density at radius 3 is 2.70 bits per heavy atom. The first-order valence-corrected chi connectivity index (χ1v) is 7.73. The van der Waals surface area contributed by atoms with Crippen LogP contribution in [-0.2, 0) is 0 Å². The van der Waals surface area contributed by atoms with E-state index in [1.807, 2.05) is 29.7 Å². The standard InChI is InChI=1S/C15H12BrClN2S/c1-8-4-3-5-12-14(8)18-15(20)19(12)13-7-11(17)9(2)6-10(13)16/h3-7H,1-2H3,(H,18,20). The lowest BCUT2D eigenvalue weighted by Crippen LogP contribution is -1.96. The van der Waals surface area contributed by atoms with Gasteiger partial charge in [-0.3, -0.25) is 4.57 Å². The van der Waals surface area contributed by atoms with E-state index in [0.29, 0.717) is 4.77 Å². The molecule has 0 saturated heterocycles. The number of hydrogen-bond acceptors (Lipinski definition) is 1. The largest absolute Gasteiger partial charge is 0.330 e. The summed E-state index contributed by atoms with van der Waals surface area (Å²) in [5.41, 5.74) is 5.26. The van der Waals surface area contributed by atoms with Crippen molar-refractivity contribution in [2.45, 2.75) is 13.8 Å². The average molecular weight is 368 g/mol. The monoisotopic (exact) mass is 366 g/mol. The number of aromatic nitrogens is 2. The average Bonchev–Trinajstić information content (AvgIpc) is 2.72. The molecule has 0 aliphatic carbocycles. The van der Waals surface area contributed by atoms with E-state index in [4.69, 9.17) is 23.8 Å². The van der Waals surface area contributed by atoms with Gasteiger partial charge in [0.25, 0.3) is 0 Å². The van der Waals surface area contributed by atoms with Crippen LogP contribution >= 0.6 is 39.7 Å². The third-order valence-corrected chi connectivity index (χ3v) is 4.72. The summed E-state index contributed by atoms with van der Waals surface area (Å²) in [5.74, 6) is 0. The van der Waals surface area contributed by atoms with Gasteiger partial charge in [0.15, 0.2) is 4.77 Å². The first-order valence-electron chi connectivity index (χ1n) is 6.15. The normalized spacial score (nSPS) is 11.2. The van der Waals surface area contributed by atoms with Crippen molar-refractivity contribution in [3.05, 3.63) is 55.7 Å². The van der Waals surface area contributed by atoms with Crippen molar-refractivity contribution in [1.82, 2.24) is 9.55 Å². The number of hydrogen-bond donors (Lipinski definition) is 1. The van der Waals surface area contributed by atoms with Gasteiger partial charge in [-0.1, -0.05) is 23.7 Å². The number of rotatable bonds is 1. The highest BCUT2D eigenvalue weighted by atomic mass is 79.9. The van der Waals surface area contributed by atoms with Crippen LogP contribution in [0.15, 0.2) is 34.8 Å². The molecule has 20 heavy (non-hydrogen) atoms. The summed E-state index contributed by atoms with van der Waals surface area (Å²) >= 11 is 15.3. The van der Waals surface area contributed by atoms with Crippen molar-refractivity contribution in [1.29, 1.82) is 0 Å². The molecule has 3 rings (SSSR count). The molecule has 1 aromatic heterocycles. The highest BCUT2D eigenvalue weighted by molar-refractivity contribution is 9.10. The van der Waals surface area contributed by atoms with E-state index < -0.39 is 0 Å². The van der Waals surface area contributed by atoms with E-state index in [-0.39, 0.29) is 0 Å². The highest BCUT2D eigenvalue weighted by Crippen LogP contribution is 2.31. The molecule has 0 spiro atoms. The molecule has 0 unspecified atom stereocenters. The lowest BCUT2D eigenvalue weighted by atomic mass is 10.2. The molecule has 0 radical (unpaired) electrons. The van der Waals surface area contributed by atoms with Crippen LogP contribution in [0.1, 0.15) is 11.1 Å². The van der Waals surface area contributed by atoms with Crippen LogP contribution in [0.5, 0.6) is 0 Å². The lowest BCUT2D eigenvalue weighted by Gasteiger charge is -2.10. The lowest BCUT2D eigenvalue weighted by molar-refractivity contribution is 1.05. The molecule has 1 heterocycles. The summed E-state index contributed by atoms with van der Waals surface area (Å²) in [6.07, 6.45) is 0. The summed E-state index contributed by atoms with van der Waals surface area (Å²) in [7, 11) is 0. The molecule has 102 valence electrons. The number of halogens is 2. The minimum atomic E-state index is 0.662. The Labute approximate surface area is 135 Å². The molecule has 2 nitrogen and oxygen atoms in total. The van der Waals surface area contributed by atoms with E-state index in [2.05, 4.69) is 40.0 Å². The highest BCUT2D eigenvalue weighted by Gasteiger charge is 2.12. The number of aromatic amines is 1. The third kappa shape index (κ3) is 2.12. The minimum Gasteiger partial charge on any atom is -0.330 e. The van der Waals surface area contributed by atoms with E-state index in [1.54, 1.807) is 0 Å². The Bertz CT molecular complexity index is 879. The number of aryl methyl sites for hydroxylation is 2. The fourth-order valence-corrected chi connectivity index (χ4v) is 3.41. The smallest absolute Gasteiger partial charge is 0.182 e. The second kappa shape index (κ2) is 5.02. The van der Waals surface area contributed by atoms with E-state index >= 15 is 0 Å². The fourth-order valence-electron chi connectivity index (χ4n) is 2.32. The fraction of sp³-hybridized carbons (Fsp3) is 0.133. The molecule has 3 aromatic rings. The SMILES string of the molecule is Cc1cc(Br)c(-n2c(=S)[nH]c3c(C)cccc32)cc1Cl. The van der Waals surface area contributed by atoms with Gasteiger partial charge in [0.1, 0.15) is 0 Å². The van der Waals surface area contributed by atoms with Crippen LogP contribution in [-0.4, -0.2) is 9.55 Å². The number of nitrogens with zero attached hydrogens (tertiary/aromatic N) is 1. The van der Waals surface area contributed by atoms with Crippen LogP contribution in [0, 0.1) is 18.6 Å². The number of para-hydroxylation sites is 1. The van der Waals surface area contributed by atoms with Crippen molar-refractivity contribution in [2.24, 2.45) is 0 Å². The summed E-state index contributed by atoms with van der Waals surface area (Å²) in [6, 6.07) is 10.1. The quantitative estimate of drug-likeness (QED) is 0.545. The molecule has 0 fully saturated rings. The van der Waals surface area contributed by atoms with Crippen LogP contribution < -0.4 is 0 Å². The van der Waals surface area contributed by atoms with Gasteiger partial charge in [-0.25, -0.2) is 0 Å². The summed E-state index contributed by atoms with van der Waals surface area (Å²) < 4.78 is 3.64. The van der Waals surface area contributed by atoms with Crippen LogP contribution in [0.4, 0.5) is 0 Å². The van der Waals surface area contributed by atoms with E-state index in [1.165, 1.54) is 5.56 Å². The molecule has 5 heteroatoms. The maximum atomic E-state index is 6.26. The number of nitrogens with one attached hydrogen (secondary N) is 1. The first kappa shape index (κ1) is 13.9. The molecule has 0 aliphatic heterocycles. The Hall–Kier alpha value is -1.10. The van der Waals surface area contributed by atoms with E-state index in [9.17, 15) is 0 Å². The minimum absolute atomic E-state index is 0.662. The summed E-state index contributed by atoms with van der Waals surface area (Å²) in [6.45, 7) is 4.05. The van der Waals surface area contributed by atoms with E-state index in [0.717, 1.165) is 31.8 Å². The third-order valence-electron chi connectivity index (χ3n) is 3.40. The van der Waals surface area contributed by atoms with Crippen LogP contribution in [0.25, 0.3) is 16.7 Å². The molecule has 0 bridgehead atoms. The summed E-state index contributed by atoms with van der Waals surface area (Å²) in [4.78, 5) is 3.27. The van der Waals surface area contributed by atoms with Crippen molar-refractivity contribution in [2.75, 3.05) is 0 Å². The van der Waals surface area contributed by atoms with Crippen molar-refractivity contribution < 1.29 is 0 Å². The van der Waals surface area contributed by atoms with Crippen molar-refractivity contribution in [3.63, 3.8) is 0 Å². The number of imidazole rings is 1. The maximum absolute atomic E-state index is 6.26. The zero-order valence-corrected chi connectivity index (χ0v) is 14.2. The Balaban J connectivity index is 2.41. The Morgan fingerprint density at radius 1 is 1.20 bits per heavy atom. The van der Waals surface area contributed by atoms with Gasteiger partial charge in [-0.05, 0) is 71.3 Å². The topological polar surface area (TPSA) is 20.7 Å². The second-order valence-electron chi connectivity index (χ2n) is 4.79. The van der Waals surface area contributed by atoms with Gasteiger partial charge in [0, 0.05) is 9.50 Å². The van der Waals surface area contributed by atoms with Gasteiger partial charge in [0.05, 0.1) is 16.7 Å². The number of fused-ring (bicyclic) bond motifs is 1. The molecular formula is C15H12BrClN2S. The molecule has 2 aromatic carbocycles. The maximum Gasteiger partial charge on any atom is 0.182 e. The zero-order chi connectivity index (χ0) is 14.4. The molecule has 0 amide bonds. The molecule has 1 N–H and O–H groups in total. The Morgan fingerprint density at radius 2 is 1.95 bits per heavy atom. The molecule has 0 aliphatic rings. The summed E-state index contributed by atoms with van der Waals surface area (Å²) in [5, 5.41) is 0.729. The number of H-pyrrole nitrogens is 1. The molecular weight excluding hydrogens is 356 g/mol. The van der Waals surface area contributed by atoms with Crippen LogP contribution in [0.3, 0.4) is 0 Å². The predicted octanol–water partition coefficient (Wildman–Crippen LogP) is 5.72. The molecule has 0 atom stereocenters. The second-order valence-corrected chi connectivity index (χ2v) is 6.44. The zero-order valence-electron chi connectivity index (χ0n) is 11.0.